The fourth-order valence-electron chi connectivity index (χ4n) is 2.17. The molecule has 2 aromatic rings. The predicted molar refractivity (Wildman–Crippen MR) is 88.1 cm³/mol. The van der Waals surface area contributed by atoms with Crippen LogP contribution in [-0.4, -0.2) is 21.8 Å². The van der Waals surface area contributed by atoms with Gasteiger partial charge in [-0.2, -0.15) is 0 Å². The van der Waals surface area contributed by atoms with E-state index in [1.165, 1.54) is 0 Å². The van der Waals surface area contributed by atoms with Gasteiger partial charge in [0.15, 0.2) is 0 Å². The molecule has 0 unspecified atom stereocenters. The number of carbonyl (C=O) groups excluding carboxylic acids is 1. The summed E-state index contributed by atoms with van der Waals surface area (Å²) in [7, 11) is 0. The molecule has 0 aliphatic carbocycles. The molecule has 0 spiro atoms. The maximum Gasteiger partial charge on any atom is 0.254 e. The van der Waals surface area contributed by atoms with E-state index in [9.17, 15) is 4.79 Å². The minimum absolute atomic E-state index is 0.0488. The van der Waals surface area contributed by atoms with E-state index in [0.29, 0.717) is 6.54 Å². The van der Waals surface area contributed by atoms with E-state index in [2.05, 4.69) is 20.9 Å². The third-order valence-corrected chi connectivity index (χ3v) is 4.32. The molecule has 0 aliphatic rings. The first-order valence-corrected chi connectivity index (χ1v) is 7.75. The number of halogens is 1. The average molecular weight is 347 g/mol. The van der Waals surface area contributed by atoms with E-state index in [1.54, 1.807) is 12.4 Å². The van der Waals surface area contributed by atoms with Gasteiger partial charge in [0.25, 0.3) is 5.91 Å². The van der Waals surface area contributed by atoms with Crippen LogP contribution in [0.4, 0.5) is 0 Å². The number of aromatic nitrogens is 1. The van der Waals surface area contributed by atoms with Crippen molar-refractivity contribution in [3.63, 3.8) is 0 Å². The van der Waals surface area contributed by atoms with Crippen molar-refractivity contribution in [2.24, 2.45) is 0 Å². The van der Waals surface area contributed by atoms with Gasteiger partial charge in [0, 0.05) is 35.0 Å². The highest BCUT2D eigenvalue weighted by Gasteiger charge is 2.21. The van der Waals surface area contributed by atoms with Gasteiger partial charge in [0.2, 0.25) is 0 Å². The Labute approximate surface area is 134 Å². The Hall–Kier alpha value is -1.68. The lowest BCUT2D eigenvalue weighted by Gasteiger charge is -2.27. The summed E-state index contributed by atoms with van der Waals surface area (Å²) in [6.45, 7) is 6.58. The Kier molecular flexibility index (Phi) is 5.12. The molecule has 2 rings (SSSR count). The van der Waals surface area contributed by atoms with Gasteiger partial charge < -0.3 is 4.90 Å². The molecule has 21 heavy (non-hydrogen) atoms. The highest BCUT2D eigenvalue weighted by molar-refractivity contribution is 9.10. The monoisotopic (exact) mass is 346 g/mol. The number of rotatable bonds is 4. The van der Waals surface area contributed by atoms with Crippen LogP contribution in [0.5, 0.6) is 0 Å². The van der Waals surface area contributed by atoms with Crippen LogP contribution in [0.1, 0.15) is 35.3 Å². The smallest absolute Gasteiger partial charge is 0.254 e. The molecule has 110 valence electrons. The number of hydrogen-bond donors (Lipinski definition) is 0. The highest BCUT2D eigenvalue weighted by Crippen LogP contribution is 2.22. The Balaban J connectivity index is 2.30. The zero-order valence-corrected chi connectivity index (χ0v) is 14.1. The van der Waals surface area contributed by atoms with E-state index < -0.39 is 0 Å². The fourth-order valence-corrected chi connectivity index (χ4v) is 2.54. The van der Waals surface area contributed by atoms with Crippen LogP contribution < -0.4 is 0 Å². The number of hydrogen-bond acceptors (Lipinski definition) is 2. The van der Waals surface area contributed by atoms with Crippen molar-refractivity contribution in [2.45, 2.75) is 33.4 Å². The topological polar surface area (TPSA) is 33.2 Å². The maximum absolute atomic E-state index is 12.8. The summed E-state index contributed by atoms with van der Waals surface area (Å²) in [6.07, 6.45) is 3.54. The SMILES string of the molecule is Cc1c(Br)cccc1C(=O)N(Cc1cccnc1)C(C)C. The summed E-state index contributed by atoms with van der Waals surface area (Å²) in [5.41, 5.74) is 2.74. The number of nitrogens with zero attached hydrogens (tertiary/aromatic N) is 2. The molecule has 0 atom stereocenters. The molecule has 1 aromatic carbocycles. The predicted octanol–water partition coefficient (Wildman–Crippen LogP) is 4.20. The van der Waals surface area contributed by atoms with Gasteiger partial charge >= 0.3 is 0 Å². The third kappa shape index (κ3) is 3.70. The fraction of sp³-hybridized carbons (Fsp3) is 0.294. The third-order valence-electron chi connectivity index (χ3n) is 3.46. The van der Waals surface area contributed by atoms with Crippen LogP contribution in [0.15, 0.2) is 47.2 Å². The number of carbonyl (C=O) groups is 1. The molecule has 0 saturated carbocycles. The van der Waals surface area contributed by atoms with Gasteiger partial charge in [-0.1, -0.05) is 28.1 Å². The molecule has 1 amide bonds. The molecule has 1 heterocycles. The Morgan fingerprint density at radius 3 is 2.67 bits per heavy atom. The minimum atomic E-state index is 0.0488. The van der Waals surface area contributed by atoms with Gasteiger partial charge in [-0.05, 0) is 50.1 Å². The van der Waals surface area contributed by atoms with E-state index in [0.717, 1.165) is 21.2 Å². The Bertz CT molecular complexity index is 626. The summed E-state index contributed by atoms with van der Waals surface area (Å²) in [5.74, 6) is 0.0488. The molecule has 0 N–H and O–H groups in total. The van der Waals surface area contributed by atoms with E-state index >= 15 is 0 Å². The summed E-state index contributed by atoms with van der Waals surface area (Å²) >= 11 is 3.49. The van der Waals surface area contributed by atoms with E-state index in [4.69, 9.17) is 0 Å². The molecule has 1 aromatic heterocycles. The zero-order chi connectivity index (χ0) is 15.4. The molecule has 0 aliphatic heterocycles. The lowest BCUT2D eigenvalue weighted by Crippen LogP contribution is -2.36. The first-order valence-electron chi connectivity index (χ1n) is 6.95. The van der Waals surface area contributed by atoms with Gasteiger partial charge in [-0.15, -0.1) is 0 Å². The van der Waals surface area contributed by atoms with Crippen LogP contribution in [0.2, 0.25) is 0 Å². The molecular formula is C17H19BrN2O. The van der Waals surface area contributed by atoms with Crippen LogP contribution in [-0.2, 0) is 6.54 Å². The zero-order valence-electron chi connectivity index (χ0n) is 12.5. The van der Waals surface area contributed by atoms with E-state index in [-0.39, 0.29) is 11.9 Å². The molecule has 0 saturated heterocycles. The summed E-state index contributed by atoms with van der Waals surface area (Å²) < 4.78 is 0.957. The molecule has 0 radical (unpaired) electrons. The highest BCUT2D eigenvalue weighted by atomic mass is 79.9. The lowest BCUT2D eigenvalue weighted by atomic mass is 10.1. The van der Waals surface area contributed by atoms with Crippen LogP contribution in [0.25, 0.3) is 0 Å². The first-order chi connectivity index (χ1) is 10.0. The van der Waals surface area contributed by atoms with Gasteiger partial charge in [-0.25, -0.2) is 0 Å². The first kappa shape index (κ1) is 15.7. The summed E-state index contributed by atoms with van der Waals surface area (Å²) in [6, 6.07) is 9.73. The number of benzene rings is 1. The molecule has 0 fully saturated rings. The maximum atomic E-state index is 12.8. The van der Waals surface area contributed by atoms with Crippen molar-refractivity contribution < 1.29 is 4.79 Å². The van der Waals surface area contributed by atoms with Crippen LogP contribution in [0, 0.1) is 6.92 Å². The van der Waals surface area contributed by atoms with E-state index in [1.807, 2.05) is 56.0 Å². The van der Waals surface area contributed by atoms with Crippen molar-refractivity contribution >= 4 is 21.8 Å². The standard InChI is InChI=1S/C17H19BrN2O/c1-12(2)20(11-14-6-5-9-19-10-14)17(21)15-7-4-8-16(18)13(15)3/h4-10,12H,11H2,1-3H3. The summed E-state index contributed by atoms with van der Waals surface area (Å²) in [4.78, 5) is 18.8. The van der Waals surface area contributed by atoms with Crippen molar-refractivity contribution in [1.29, 1.82) is 0 Å². The summed E-state index contributed by atoms with van der Waals surface area (Å²) in [5, 5.41) is 0. The second kappa shape index (κ2) is 6.85. The quantitative estimate of drug-likeness (QED) is 0.830. The Morgan fingerprint density at radius 2 is 2.05 bits per heavy atom. The lowest BCUT2D eigenvalue weighted by molar-refractivity contribution is 0.0689. The van der Waals surface area contributed by atoms with Crippen molar-refractivity contribution in [3.05, 3.63) is 63.9 Å². The molecule has 3 nitrogen and oxygen atoms in total. The van der Waals surface area contributed by atoms with Gasteiger partial charge in [0.05, 0.1) is 0 Å². The normalized spacial score (nSPS) is 10.7. The average Bonchev–Trinajstić information content (AvgIpc) is 2.48. The van der Waals surface area contributed by atoms with Crippen molar-refractivity contribution in [1.82, 2.24) is 9.88 Å². The minimum Gasteiger partial charge on any atom is -0.332 e. The van der Waals surface area contributed by atoms with Gasteiger partial charge in [-0.3, -0.25) is 9.78 Å². The largest absolute Gasteiger partial charge is 0.332 e. The van der Waals surface area contributed by atoms with Gasteiger partial charge in [0.1, 0.15) is 0 Å². The Morgan fingerprint density at radius 1 is 1.29 bits per heavy atom. The van der Waals surface area contributed by atoms with Crippen LogP contribution in [0.3, 0.4) is 0 Å². The van der Waals surface area contributed by atoms with Crippen molar-refractivity contribution in [3.8, 4) is 0 Å². The van der Waals surface area contributed by atoms with Crippen LogP contribution >= 0.6 is 15.9 Å². The van der Waals surface area contributed by atoms with Crippen molar-refractivity contribution in [2.75, 3.05) is 0 Å². The molecular weight excluding hydrogens is 328 g/mol. The number of amides is 1. The number of pyridine rings is 1. The molecule has 0 bridgehead atoms. The second-order valence-corrected chi connectivity index (χ2v) is 6.15. The second-order valence-electron chi connectivity index (χ2n) is 5.30. The molecule has 4 heteroatoms.